The number of nitriles is 1. The van der Waals surface area contributed by atoms with Gasteiger partial charge < -0.3 is 10.2 Å². The van der Waals surface area contributed by atoms with Crippen molar-refractivity contribution in [2.75, 3.05) is 18.4 Å². The molecule has 0 atom stereocenters. The Bertz CT molecular complexity index is 829. The monoisotopic (exact) mass is 360 g/mol. The largest absolute Gasteiger partial charge is 0.345 e. The normalized spacial score (nSPS) is 15.3. The van der Waals surface area contributed by atoms with Crippen LogP contribution in [-0.4, -0.2) is 28.9 Å². The zero-order chi connectivity index (χ0) is 19.1. The Morgan fingerprint density at radius 1 is 1.26 bits per heavy atom. The second kappa shape index (κ2) is 9.00. The van der Waals surface area contributed by atoms with Crippen LogP contribution in [0.15, 0.2) is 60.4 Å². The van der Waals surface area contributed by atoms with E-state index in [0.717, 1.165) is 24.8 Å². The number of likely N-dealkylation sites (tertiary alicyclic amines) is 1. The van der Waals surface area contributed by atoms with Crippen LogP contribution in [0.25, 0.3) is 0 Å². The molecule has 1 saturated heterocycles. The highest BCUT2D eigenvalue weighted by Gasteiger charge is 2.25. The summed E-state index contributed by atoms with van der Waals surface area (Å²) in [7, 11) is 0. The molecule has 0 radical (unpaired) electrons. The van der Waals surface area contributed by atoms with Crippen molar-refractivity contribution in [3.8, 4) is 6.07 Å². The lowest BCUT2D eigenvalue weighted by Crippen LogP contribution is -2.39. The zero-order valence-corrected chi connectivity index (χ0v) is 15.6. The first kappa shape index (κ1) is 18.7. The number of nitrogens with zero attached hydrogens (tertiary/aromatic N) is 3. The minimum absolute atomic E-state index is 0.110. The van der Waals surface area contributed by atoms with E-state index in [1.54, 1.807) is 11.1 Å². The number of anilines is 1. The highest BCUT2D eigenvalue weighted by Crippen LogP contribution is 2.22. The van der Waals surface area contributed by atoms with E-state index >= 15 is 0 Å². The molecule has 1 aliphatic rings. The summed E-state index contributed by atoms with van der Waals surface area (Å²) in [6.45, 7) is 3.34. The van der Waals surface area contributed by atoms with Crippen LogP contribution >= 0.6 is 0 Å². The average Bonchev–Trinajstić information content (AvgIpc) is 2.71. The van der Waals surface area contributed by atoms with Crippen molar-refractivity contribution in [2.24, 2.45) is 5.92 Å². The van der Waals surface area contributed by atoms with Gasteiger partial charge in [0.2, 0.25) is 0 Å². The molecule has 0 unspecified atom stereocenters. The maximum Gasteiger partial charge on any atom is 0.266 e. The highest BCUT2D eigenvalue weighted by molar-refractivity contribution is 5.97. The van der Waals surface area contributed by atoms with Gasteiger partial charge in [-0.05, 0) is 49.3 Å². The summed E-state index contributed by atoms with van der Waals surface area (Å²) in [5.74, 6) is 0.985. The van der Waals surface area contributed by atoms with Crippen molar-refractivity contribution in [3.05, 3.63) is 71.6 Å². The number of aryl methyl sites for hydroxylation is 1. The molecule has 1 amide bonds. The van der Waals surface area contributed by atoms with E-state index in [9.17, 15) is 10.1 Å². The standard InChI is InChI=1S/C22H24N4O/c1-17-7-8-21(24-15-17)25-16-20(14-23)22(27)26-11-9-19(10-12-26)13-18-5-3-2-4-6-18/h2-8,15-16,19H,9-13H2,1H3,(H,24,25)/b20-16-. The van der Waals surface area contributed by atoms with Crippen molar-refractivity contribution in [2.45, 2.75) is 26.2 Å². The summed E-state index contributed by atoms with van der Waals surface area (Å²) >= 11 is 0. The maximum absolute atomic E-state index is 12.6. The second-order valence-electron chi connectivity index (χ2n) is 6.96. The molecule has 0 spiro atoms. The van der Waals surface area contributed by atoms with Gasteiger partial charge >= 0.3 is 0 Å². The van der Waals surface area contributed by atoms with Crippen molar-refractivity contribution < 1.29 is 4.79 Å². The van der Waals surface area contributed by atoms with Crippen LogP contribution in [-0.2, 0) is 11.2 Å². The fourth-order valence-corrected chi connectivity index (χ4v) is 3.30. The first-order valence-corrected chi connectivity index (χ1v) is 9.28. The van der Waals surface area contributed by atoms with Gasteiger partial charge in [0, 0.05) is 25.5 Å². The molecule has 1 fully saturated rings. The first-order valence-electron chi connectivity index (χ1n) is 9.28. The molecular formula is C22H24N4O. The number of benzene rings is 1. The summed E-state index contributed by atoms with van der Waals surface area (Å²) < 4.78 is 0. The molecule has 5 nitrogen and oxygen atoms in total. The van der Waals surface area contributed by atoms with E-state index in [0.29, 0.717) is 24.8 Å². The van der Waals surface area contributed by atoms with Crippen LogP contribution in [0.2, 0.25) is 0 Å². The third kappa shape index (κ3) is 5.18. The zero-order valence-electron chi connectivity index (χ0n) is 15.6. The number of rotatable bonds is 5. The van der Waals surface area contributed by atoms with E-state index in [2.05, 4.69) is 34.6 Å². The summed E-state index contributed by atoms with van der Waals surface area (Å²) in [5, 5.41) is 12.3. The summed E-state index contributed by atoms with van der Waals surface area (Å²) in [6, 6.07) is 16.2. The summed E-state index contributed by atoms with van der Waals surface area (Å²) in [5.41, 5.74) is 2.51. The molecule has 0 saturated carbocycles. The van der Waals surface area contributed by atoms with Gasteiger partial charge in [0.05, 0.1) is 0 Å². The number of hydrogen-bond acceptors (Lipinski definition) is 4. The number of pyridine rings is 1. The molecule has 0 aliphatic carbocycles. The van der Waals surface area contributed by atoms with Crippen molar-refractivity contribution in [1.82, 2.24) is 9.88 Å². The minimum Gasteiger partial charge on any atom is -0.345 e. The molecule has 1 aromatic heterocycles. The predicted molar refractivity (Wildman–Crippen MR) is 106 cm³/mol. The molecule has 27 heavy (non-hydrogen) atoms. The average molecular weight is 360 g/mol. The molecular weight excluding hydrogens is 336 g/mol. The lowest BCUT2D eigenvalue weighted by Gasteiger charge is -2.32. The third-order valence-electron chi connectivity index (χ3n) is 4.90. The second-order valence-corrected chi connectivity index (χ2v) is 6.96. The molecule has 5 heteroatoms. The van der Waals surface area contributed by atoms with Gasteiger partial charge in [-0.3, -0.25) is 4.79 Å². The number of hydrogen-bond donors (Lipinski definition) is 1. The summed E-state index contributed by atoms with van der Waals surface area (Å²) in [4.78, 5) is 18.6. The van der Waals surface area contributed by atoms with Crippen LogP contribution in [0.3, 0.4) is 0 Å². The molecule has 2 aromatic rings. The van der Waals surface area contributed by atoms with E-state index in [1.807, 2.05) is 31.2 Å². The quantitative estimate of drug-likeness (QED) is 0.652. The summed E-state index contributed by atoms with van der Waals surface area (Å²) in [6.07, 6.45) is 6.17. The Morgan fingerprint density at radius 2 is 2.00 bits per heavy atom. The van der Waals surface area contributed by atoms with Gasteiger partial charge in [-0.2, -0.15) is 5.26 Å². The predicted octanol–water partition coefficient (Wildman–Crippen LogP) is 3.69. The third-order valence-corrected chi connectivity index (χ3v) is 4.90. The Hall–Kier alpha value is -3.13. The lowest BCUT2D eigenvalue weighted by molar-refractivity contribution is -0.128. The van der Waals surface area contributed by atoms with Gasteiger partial charge in [-0.25, -0.2) is 4.98 Å². The van der Waals surface area contributed by atoms with Crippen LogP contribution in [0, 0.1) is 24.2 Å². The van der Waals surface area contributed by atoms with Crippen molar-refractivity contribution in [1.29, 1.82) is 5.26 Å². The lowest BCUT2D eigenvalue weighted by atomic mass is 9.90. The number of aromatic nitrogens is 1. The molecule has 1 aliphatic heterocycles. The molecule has 1 aromatic carbocycles. The van der Waals surface area contributed by atoms with Gasteiger partial charge in [0.15, 0.2) is 0 Å². The minimum atomic E-state index is -0.213. The highest BCUT2D eigenvalue weighted by atomic mass is 16.2. The number of piperidine rings is 1. The van der Waals surface area contributed by atoms with Crippen molar-refractivity contribution >= 4 is 11.7 Å². The topological polar surface area (TPSA) is 69.0 Å². The SMILES string of the molecule is Cc1ccc(N/C=C(/C#N)C(=O)N2CCC(Cc3ccccc3)CC2)nc1. The molecule has 0 bridgehead atoms. The van der Waals surface area contributed by atoms with Gasteiger partial charge in [-0.15, -0.1) is 0 Å². The Balaban J connectivity index is 1.54. The number of amides is 1. The first-order chi connectivity index (χ1) is 13.2. The van der Waals surface area contributed by atoms with Crippen molar-refractivity contribution in [3.63, 3.8) is 0 Å². The van der Waals surface area contributed by atoms with Gasteiger partial charge in [0.1, 0.15) is 17.5 Å². The van der Waals surface area contributed by atoms with Gasteiger partial charge in [0.25, 0.3) is 5.91 Å². The Labute approximate surface area is 160 Å². The van der Waals surface area contributed by atoms with Crippen LogP contribution in [0.5, 0.6) is 0 Å². The maximum atomic E-state index is 12.6. The number of nitrogens with one attached hydrogen (secondary N) is 1. The van der Waals surface area contributed by atoms with E-state index in [-0.39, 0.29) is 11.5 Å². The molecule has 3 rings (SSSR count). The Morgan fingerprint density at radius 3 is 2.63 bits per heavy atom. The molecule has 2 heterocycles. The molecule has 1 N–H and O–H groups in total. The Kier molecular flexibility index (Phi) is 6.22. The fourth-order valence-electron chi connectivity index (χ4n) is 3.30. The van der Waals surface area contributed by atoms with Crippen LogP contribution in [0.1, 0.15) is 24.0 Å². The fraction of sp³-hybridized carbons (Fsp3) is 0.318. The van der Waals surface area contributed by atoms with Crippen LogP contribution in [0.4, 0.5) is 5.82 Å². The van der Waals surface area contributed by atoms with E-state index in [4.69, 9.17) is 0 Å². The molecule has 138 valence electrons. The van der Waals surface area contributed by atoms with E-state index < -0.39 is 0 Å². The number of carbonyl (C=O) groups excluding carboxylic acids is 1. The van der Waals surface area contributed by atoms with Crippen LogP contribution < -0.4 is 5.32 Å². The number of carbonyl (C=O) groups is 1. The smallest absolute Gasteiger partial charge is 0.266 e. The van der Waals surface area contributed by atoms with E-state index in [1.165, 1.54) is 11.8 Å². The van der Waals surface area contributed by atoms with Gasteiger partial charge in [-0.1, -0.05) is 36.4 Å².